The van der Waals surface area contributed by atoms with Crippen LogP contribution < -0.4 is 20.5 Å². The van der Waals surface area contributed by atoms with Crippen molar-refractivity contribution in [3.8, 4) is 11.5 Å². The van der Waals surface area contributed by atoms with Gasteiger partial charge >= 0.3 is 0 Å². The molecule has 0 heterocycles. The highest BCUT2D eigenvalue weighted by molar-refractivity contribution is 6.35. The van der Waals surface area contributed by atoms with Crippen molar-refractivity contribution >= 4 is 34.8 Å². The molecule has 2 aromatic carbocycles. The highest BCUT2D eigenvalue weighted by Crippen LogP contribution is 2.27. The number of methoxy groups -OCH3 is 1. The summed E-state index contributed by atoms with van der Waals surface area (Å²) >= 11 is 11.9. The maximum Gasteiger partial charge on any atom is 0.193 e. The minimum atomic E-state index is 0.323. The lowest BCUT2D eigenvalue weighted by Gasteiger charge is -2.10. The molecule has 7 heteroatoms. The maximum absolute atomic E-state index is 6.03. The second kappa shape index (κ2) is 9.25. The number of hydrogen-bond donors (Lipinski definition) is 2. The van der Waals surface area contributed by atoms with E-state index in [4.69, 9.17) is 38.4 Å². The van der Waals surface area contributed by atoms with Crippen LogP contribution in [0.25, 0.3) is 0 Å². The Kier molecular flexibility index (Phi) is 7.03. The number of guanidine groups is 1. The van der Waals surface area contributed by atoms with Gasteiger partial charge in [-0.1, -0.05) is 35.3 Å². The SMILES string of the molecule is COc1ccccc1NC(N)=NCCCOc1ccc(Cl)cc1Cl. The first kappa shape index (κ1) is 18.2. The molecule has 0 saturated carbocycles. The fourth-order valence-corrected chi connectivity index (χ4v) is 2.43. The van der Waals surface area contributed by atoms with E-state index in [0.717, 1.165) is 5.69 Å². The standard InChI is InChI=1S/C17H19Cl2N3O2/c1-23-16-6-3-2-5-14(16)22-17(20)21-9-4-10-24-15-8-7-12(18)11-13(15)19/h2-3,5-8,11H,4,9-10H2,1H3,(H3,20,21,22). The normalized spacial score (nSPS) is 11.2. The molecule has 0 radical (unpaired) electrons. The highest BCUT2D eigenvalue weighted by atomic mass is 35.5. The van der Waals surface area contributed by atoms with Crippen molar-refractivity contribution in [2.24, 2.45) is 10.7 Å². The fourth-order valence-electron chi connectivity index (χ4n) is 1.96. The first-order valence-corrected chi connectivity index (χ1v) is 8.13. The van der Waals surface area contributed by atoms with Crippen molar-refractivity contribution in [1.82, 2.24) is 0 Å². The Bertz CT molecular complexity index is 708. The molecule has 3 N–H and O–H groups in total. The number of aliphatic imine (C=N–C) groups is 1. The number of nitrogens with one attached hydrogen (secondary N) is 1. The smallest absolute Gasteiger partial charge is 0.193 e. The summed E-state index contributed by atoms with van der Waals surface area (Å²) < 4.78 is 10.8. The zero-order valence-corrected chi connectivity index (χ0v) is 14.8. The van der Waals surface area contributed by atoms with E-state index in [0.29, 0.717) is 47.1 Å². The Balaban J connectivity index is 1.77. The van der Waals surface area contributed by atoms with Gasteiger partial charge in [0.1, 0.15) is 11.5 Å². The van der Waals surface area contributed by atoms with Crippen molar-refractivity contribution in [3.63, 3.8) is 0 Å². The topological polar surface area (TPSA) is 68.9 Å². The number of halogens is 2. The van der Waals surface area contributed by atoms with Crippen LogP contribution in [0.4, 0.5) is 5.69 Å². The van der Waals surface area contributed by atoms with Crippen molar-refractivity contribution < 1.29 is 9.47 Å². The summed E-state index contributed by atoms with van der Waals surface area (Å²) in [5.74, 6) is 1.63. The van der Waals surface area contributed by atoms with Crippen LogP contribution in [0.15, 0.2) is 47.5 Å². The third-order valence-electron chi connectivity index (χ3n) is 3.11. The summed E-state index contributed by atoms with van der Waals surface area (Å²) in [7, 11) is 1.60. The third kappa shape index (κ3) is 5.51. The Hall–Kier alpha value is -2.11. The number of benzene rings is 2. The molecule has 0 aliphatic carbocycles. The van der Waals surface area contributed by atoms with E-state index in [9.17, 15) is 0 Å². The van der Waals surface area contributed by atoms with Gasteiger partial charge < -0.3 is 20.5 Å². The van der Waals surface area contributed by atoms with Crippen LogP contribution in [0.3, 0.4) is 0 Å². The molecule has 128 valence electrons. The number of anilines is 1. The zero-order chi connectivity index (χ0) is 17.4. The van der Waals surface area contributed by atoms with Crippen LogP contribution in [0, 0.1) is 0 Å². The van der Waals surface area contributed by atoms with Gasteiger partial charge in [0.15, 0.2) is 5.96 Å². The average molecular weight is 368 g/mol. The number of nitrogens with zero attached hydrogens (tertiary/aromatic N) is 1. The monoisotopic (exact) mass is 367 g/mol. The van der Waals surface area contributed by atoms with E-state index in [2.05, 4.69) is 10.3 Å². The molecule has 0 fully saturated rings. The van der Waals surface area contributed by atoms with Crippen molar-refractivity contribution in [1.29, 1.82) is 0 Å². The zero-order valence-electron chi connectivity index (χ0n) is 13.3. The number of rotatable bonds is 7. The highest BCUT2D eigenvalue weighted by Gasteiger charge is 2.03. The molecule has 0 spiro atoms. The van der Waals surface area contributed by atoms with Gasteiger partial charge in [0, 0.05) is 18.0 Å². The Morgan fingerprint density at radius 2 is 1.96 bits per heavy atom. The molecular weight excluding hydrogens is 349 g/mol. The van der Waals surface area contributed by atoms with E-state index < -0.39 is 0 Å². The maximum atomic E-state index is 6.03. The Morgan fingerprint density at radius 1 is 1.17 bits per heavy atom. The summed E-state index contributed by atoms with van der Waals surface area (Å²) in [6.07, 6.45) is 0.702. The van der Waals surface area contributed by atoms with Crippen LogP contribution in [0.2, 0.25) is 10.0 Å². The fraction of sp³-hybridized carbons (Fsp3) is 0.235. The molecular formula is C17H19Cl2N3O2. The van der Waals surface area contributed by atoms with Crippen LogP contribution in [0.1, 0.15) is 6.42 Å². The van der Waals surface area contributed by atoms with Gasteiger partial charge in [-0.3, -0.25) is 4.99 Å². The molecule has 2 aromatic rings. The number of nitrogens with two attached hydrogens (primary N) is 1. The average Bonchev–Trinajstić information content (AvgIpc) is 2.57. The molecule has 2 rings (SSSR count). The predicted molar refractivity (Wildman–Crippen MR) is 99.7 cm³/mol. The Morgan fingerprint density at radius 3 is 2.71 bits per heavy atom. The number of para-hydroxylation sites is 2. The van der Waals surface area contributed by atoms with Crippen LogP contribution in [-0.4, -0.2) is 26.2 Å². The summed E-state index contributed by atoms with van der Waals surface area (Å²) in [6, 6.07) is 12.6. The molecule has 0 aliphatic rings. The van der Waals surface area contributed by atoms with Crippen molar-refractivity contribution in [2.45, 2.75) is 6.42 Å². The van der Waals surface area contributed by atoms with Crippen LogP contribution in [0.5, 0.6) is 11.5 Å². The van der Waals surface area contributed by atoms with Gasteiger partial charge in [-0.25, -0.2) is 0 Å². The van der Waals surface area contributed by atoms with Gasteiger partial charge in [0.25, 0.3) is 0 Å². The molecule has 0 unspecified atom stereocenters. The lowest BCUT2D eigenvalue weighted by molar-refractivity contribution is 0.314. The van der Waals surface area contributed by atoms with E-state index in [1.54, 1.807) is 25.3 Å². The lowest BCUT2D eigenvalue weighted by Crippen LogP contribution is -2.23. The minimum Gasteiger partial charge on any atom is -0.495 e. The van der Waals surface area contributed by atoms with Gasteiger partial charge in [0.05, 0.1) is 24.4 Å². The van der Waals surface area contributed by atoms with Gasteiger partial charge in [-0.15, -0.1) is 0 Å². The quantitative estimate of drug-likeness (QED) is 0.437. The molecule has 24 heavy (non-hydrogen) atoms. The molecule has 0 amide bonds. The lowest BCUT2D eigenvalue weighted by atomic mass is 10.3. The van der Waals surface area contributed by atoms with E-state index >= 15 is 0 Å². The minimum absolute atomic E-state index is 0.323. The van der Waals surface area contributed by atoms with Gasteiger partial charge in [0.2, 0.25) is 0 Å². The first-order valence-electron chi connectivity index (χ1n) is 7.38. The number of hydrogen-bond acceptors (Lipinski definition) is 3. The largest absolute Gasteiger partial charge is 0.495 e. The van der Waals surface area contributed by atoms with E-state index in [1.807, 2.05) is 24.3 Å². The molecule has 0 saturated heterocycles. The summed E-state index contributed by atoms with van der Waals surface area (Å²) in [4.78, 5) is 4.26. The molecule has 0 aliphatic heterocycles. The van der Waals surface area contributed by atoms with Crippen LogP contribution in [-0.2, 0) is 0 Å². The van der Waals surface area contributed by atoms with E-state index in [1.165, 1.54) is 0 Å². The van der Waals surface area contributed by atoms with Crippen molar-refractivity contribution in [2.75, 3.05) is 25.6 Å². The second-order valence-electron chi connectivity index (χ2n) is 4.87. The molecule has 5 nitrogen and oxygen atoms in total. The second-order valence-corrected chi connectivity index (χ2v) is 5.71. The summed E-state index contributed by atoms with van der Waals surface area (Å²) in [6.45, 7) is 1.01. The first-order chi connectivity index (χ1) is 11.6. The predicted octanol–water partition coefficient (Wildman–Crippen LogP) is 4.20. The summed E-state index contributed by atoms with van der Waals surface area (Å²) in [5.41, 5.74) is 6.64. The van der Waals surface area contributed by atoms with Crippen LogP contribution >= 0.6 is 23.2 Å². The van der Waals surface area contributed by atoms with Gasteiger partial charge in [-0.2, -0.15) is 0 Å². The third-order valence-corrected chi connectivity index (χ3v) is 3.64. The summed E-state index contributed by atoms with van der Waals surface area (Å²) in [5, 5.41) is 4.08. The molecule has 0 bridgehead atoms. The van der Waals surface area contributed by atoms with Gasteiger partial charge in [-0.05, 0) is 30.3 Å². The van der Waals surface area contributed by atoms with Crippen molar-refractivity contribution in [3.05, 3.63) is 52.5 Å². The Labute approximate surface area is 151 Å². The van der Waals surface area contributed by atoms with E-state index in [-0.39, 0.29) is 0 Å². The molecule has 0 atom stereocenters. The molecule has 0 aromatic heterocycles. The number of ether oxygens (including phenoxy) is 2.